The van der Waals surface area contributed by atoms with Crippen LogP contribution >= 0.6 is 58.8 Å². The molecule has 2 aliphatic heterocycles. The lowest BCUT2D eigenvalue weighted by atomic mass is 9.77. The average Bonchev–Trinajstić information content (AvgIpc) is 1.13. The van der Waals surface area contributed by atoms with Crippen molar-refractivity contribution in [1.29, 1.82) is 0 Å². The number of oxime groups is 1. The summed E-state index contributed by atoms with van der Waals surface area (Å²) in [6.07, 6.45) is -0.832. The van der Waals surface area contributed by atoms with Gasteiger partial charge in [0, 0.05) is 29.4 Å². The third kappa shape index (κ3) is 13.8. The molecule has 11 rings (SSSR count). The van der Waals surface area contributed by atoms with Gasteiger partial charge in [0.1, 0.15) is 47.1 Å². The van der Waals surface area contributed by atoms with Crippen LogP contribution in [0.2, 0.25) is 0 Å². The smallest absolute Gasteiger partial charge is 0.356 e. The molecule has 1 saturated heterocycles. The van der Waals surface area contributed by atoms with Crippen LogP contribution in [0.15, 0.2) is 270 Å². The molecule has 15 nitrogen and oxygen atoms in total. The zero-order valence-corrected chi connectivity index (χ0v) is 52.4. The number of hydrazone groups is 1. The molecule has 88 heavy (non-hydrogen) atoms. The van der Waals surface area contributed by atoms with Crippen molar-refractivity contribution < 1.29 is 33.5 Å². The molecule has 2 aliphatic rings. The first kappa shape index (κ1) is 62.2. The largest absolute Gasteiger partial charge is 0.461 e. The van der Waals surface area contributed by atoms with Crippen LogP contribution in [0.1, 0.15) is 63.2 Å². The summed E-state index contributed by atoms with van der Waals surface area (Å²) in [4.78, 5) is 68.5. The summed E-state index contributed by atoms with van der Waals surface area (Å²) in [6, 6.07) is 78.2. The van der Waals surface area contributed by atoms with Crippen LogP contribution in [0.3, 0.4) is 0 Å². The van der Waals surface area contributed by atoms with Crippen molar-refractivity contribution in [2.45, 2.75) is 35.5 Å². The number of β-lactam (4-membered cyclic amide) rings is 1. The molecular weight excluding hydrogens is 1280 g/mol. The molecule has 0 radical (unpaired) electrons. The van der Waals surface area contributed by atoms with E-state index in [0.29, 0.717) is 27.6 Å². The Balaban J connectivity index is 0.00000855. The molecule has 0 aliphatic carbocycles. The second-order valence-electron chi connectivity index (χ2n) is 20.2. The molecule has 444 valence electrons. The summed E-state index contributed by atoms with van der Waals surface area (Å²) in [5, 5.41) is 17.1. The van der Waals surface area contributed by atoms with Gasteiger partial charge in [-0.15, -0.1) is 58.8 Å². The summed E-state index contributed by atoms with van der Waals surface area (Å²) >= 11 is 3.96. The van der Waals surface area contributed by atoms with Crippen molar-refractivity contribution in [3.05, 3.63) is 310 Å². The number of amides is 2. The van der Waals surface area contributed by atoms with E-state index in [1.54, 1.807) is 10.9 Å². The molecule has 3 heterocycles. The van der Waals surface area contributed by atoms with Crippen LogP contribution in [0.25, 0.3) is 0 Å². The van der Waals surface area contributed by atoms with Gasteiger partial charge in [-0.3, -0.25) is 19.3 Å². The van der Waals surface area contributed by atoms with Gasteiger partial charge in [0.15, 0.2) is 16.9 Å². The number of esters is 2. The quantitative estimate of drug-likeness (QED) is 0.00620. The molecule has 0 saturated carbocycles. The van der Waals surface area contributed by atoms with Crippen LogP contribution in [-0.4, -0.2) is 81.0 Å². The van der Waals surface area contributed by atoms with Crippen molar-refractivity contribution in [2.24, 2.45) is 10.3 Å². The Morgan fingerprint density at radius 3 is 1.59 bits per heavy atom. The van der Waals surface area contributed by atoms with Crippen molar-refractivity contribution in [3.63, 3.8) is 0 Å². The maximum Gasteiger partial charge on any atom is 0.356 e. The Morgan fingerprint density at radius 2 is 1.12 bits per heavy atom. The van der Waals surface area contributed by atoms with Crippen LogP contribution in [-0.2, 0) is 44.6 Å². The fourth-order valence-electron chi connectivity index (χ4n) is 10.7. The van der Waals surface area contributed by atoms with E-state index in [-0.39, 0.29) is 60.0 Å². The van der Waals surface area contributed by atoms with Gasteiger partial charge in [-0.2, -0.15) is 5.10 Å². The molecule has 1 unspecified atom stereocenters. The number of thiazole rings is 1. The lowest BCUT2D eigenvalue weighted by Gasteiger charge is -2.49. The SMILES string of the molecule is CC(=O)OCC1=C(C(=O)OC(c2ccccc2)c2ccccc2)N2C(=O)C(NC(=O)C(=NOCCSC=NNNC(c3ccccc3)(c3ccccc3)c3ccccc3)c3csc(NC(c4ccccc4)(c4ccccc4)c4ccccc4)n3)[C@H]2SC1.I. The maximum atomic E-state index is 14.9. The predicted molar refractivity (Wildman–Crippen MR) is 359 cm³/mol. The van der Waals surface area contributed by atoms with Crippen molar-refractivity contribution in [1.82, 2.24) is 26.2 Å². The number of hydrogen-bond acceptors (Lipinski definition) is 16. The van der Waals surface area contributed by atoms with Gasteiger partial charge in [0.05, 0.1) is 5.55 Å². The first-order chi connectivity index (χ1) is 42.7. The fraction of sp³-hybridized carbons (Fsp3) is 0.145. The number of nitrogens with zero attached hydrogens (tertiary/aromatic N) is 4. The highest BCUT2D eigenvalue weighted by Crippen LogP contribution is 2.44. The molecule has 0 spiro atoms. The van der Waals surface area contributed by atoms with E-state index in [9.17, 15) is 19.2 Å². The first-order valence-corrected chi connectivity index (χ1v) is 31.1. The minimum Gasteiger partial charge on any atom is -0.461 e. The summed E-state index contributed by atoms with van der Waals surface area (Å²) < 4.78 is 11.7. The van der Waals surface area contributed by atoms with E-state index in [4.69, 9.17) is 19.3 Å². The number of fused-ring (bicyclic) bond motifs is 1. The Labute approximate surface area is 540 Å². The van der Waals surface area contributed by atoms with E-state index in [2.05, 4.69) is 105 Å². The summed E-state index contributed by atoms with van der Waals surface area (Å²) in [5.41, 5.74) is 14.2. The number of benzene rings is 8. The topological polar surface area (TPSA) is 185 Å². The van der Waals surface area contributed by atoms with Crippen LogP contribution in [0.5, 0.6) is 0 Å². The molecule has 2 amide bonds. The molecule has 2 atom stereocenters. The molecule has 9 aromatic rings. The molecule has 0 bridgehead atoms. The van der Waals surface area contributed by atoms with E-state index in [1.807, 2.05) is 170 Å². The zero-order valence-electron chi connectivity index (χ0n) is 47.6. The third-order valence-electron chi connectivity index (χ3n) is 14.8. The monoisotopic (exact) mass is 1340 g/mol. The number of aromatic nitrogens is 1. The summed E-state index contributed by atoms with van der Waals surface area (Å²) in [5.74, 6) is -2.08. The number of ether oxygens (including phenoxy) is 2. The molecule has 4 N–H and O–H groups in total. The van der Waals surface area contributed by atoms with Crippen molar-refractivity contribution in [2.75, 3.05) is 30.0 Å². The number of carbonyl (C=O) groups is 4. The molecule has 1 aromatic heterocycles. The number of anilines is 1. The van der Waals surface area contributed by atoms with Gasteiger partial charge in [0.25, 0.3) is 11.8 Å². The Morgan fingerprint density at radius 1 is 0.670 bits per heavy atom. The highest BCUT2D eigenvalue weighted by atomic mass is 127. The number of nitrogens with one attached hydrogen (secondary N) is 4. The number of rotatable bonds is 25. The zero-order chi connectivity index (χ0) is 59.8. The second kappa shape index (κ2) is 29.7. The lowest BCUT2D eigenvalue weighted by Crippen LogP contribution is -2.71. The highest BCUT2D eigenvalue weighted by Gasteiger charge is 2.55. The fourth-order valence-corrected chi connectivity index (χ4v) is 13.2. The van der Waals surface area contributed by atoms with Crippen molar-refractivity contribution >= 4 is 99.0 Å². The van der Waals surface area contributed by atoms with E-state index >= 15 is 0 Å². The normalized spacial score (nSPS) is 14.9. The maximum absolute atomic E-state index is 14.9. The third-order valence-corrected chi connectivity index (χ3v) is 17.5. The summed E-state index contributed by atoms with van der Waals surface area (Å²) in [6.45, 7) is 1.08. The average molecular weight is 1340 g/mol. The van der Waals surface area contributed by atoms with E-state index < -0.39 is 52.4 Å². The minimum absolute atomic E-state index is 0. The number of thioether (sulfide) groups is 2. The molecular formula is C69H61IN8O7S3. The predicted octanol–water partition coefficient (Wildman–Crippen LogP) is 12.2. The standard InChI is InChI=1S/C69H60N8O7S3.HI/c1-48(78)82-44-51-45-86-65-60(64(80)77(65)61(51)66(81)84-62(49-26-10-2-11-27-49)50-28-12-3-13-29-50)72-63(79)59(58-46-87-67(71-58)73-68(52-30-14-4-15-31-52,53-32-16-5-17-33-53)54-34-18-6-19-35-54)74-83-42-43-85-47-70-76-75-69(55-36-20-7-21-37-55,56-38-22-8-23-39-56)57-40-24-9-25-41-57;/h2-41,46-47,60,62,65,75-76H,42-45H2,1H3,(H,71,73)(H,72,79);1H/t60?,65-;/m1./s1. The van der Waals surface area contributed by atoms with Crippen LogP contribution in [0, 0.1) is 0 Å². The lowest BCUT2D eigenvalue weighted by molar-refractivity contribution is -0.154. The number of hydrogen-bond donors (Lipinski definition) is 4. The minimum atomic E-state index is -1.11. The second-order valence-corrected chi connectivity index (χ2v) is 23.1. The van der Waals surface area contributed by atoms with Crippen LogP contribution < -0.4 is 21.6 Å². The Bertz CT molecular complexity index is 3650. The van der Waals surface area contributed by atoms with Gasteiger partial charge in [0.2, 0.25) is 0 Å². The highest BCUT2D eigenvalue weighted by molar-refractivity contribution is 14.0. The number of hydrazine groups is 1. The Hall–Kier alpha value is -8.86. The molecule has 1 fully saturated rings. The number of carbonyl (C=O) groups excluding carboxylic acids is 4. The Kier molecular flexibility index (Phi) is 21.0. The first-order valence-electron chi connectivity index (χ1n) is 28.1. The van der Waals surface area contributed by atoms with E-state index in [0.717, 1.165) is 33.4 Å². The van der Waals surface area contributed by atoms with Gasteiger partial charge in [-0.25, -0.2) is 20.7 Å². The molecule has 8 aromatic carbocycles. The van der Waals surface area contributed by atoms with Gasteiger partial charge in [-0.05, 0) is 44.5 Å². The van der Waals surface area contributed by atoms with Crippen molar-refractivity contribution in [3.8, 4) is 0 Å². The van der Waals surface area contributed by atoms with Gasteiger partial charge < -0.3 is 24.9 Å². The van der Waals surface area contributed by atoms with Crippen LogP contribution in [0.4, 0.5) is 5.13 Å². The summed E-state index contributed by atoms with van der Waals surface area (Å²) in [7, 11) is 0. The number of halogens is 1. The van der Waals surface area contributed by atoms with E-state index in [1.165, 1.54) is 46.7 Å². The van der Waals surface area contributed by atoms with Gasteiger partial charge >= 0.3 is 11.9 Å². The molecule has 19 heteroatoms. The van der Waals surface area contributed by atoms with Gasteiger partial charge in [-0.1, -0.05) is 248 Å².